The molecule has 2 heterocycles. The zero-order valence-electron chi connectivity index (χ0n) is 12.0. The van der Waals surface area contributed by atoms with Crippen molar-refractivity contribution in [2.75, 3.05) is 23.3 Å². The van der Waals surface area contributed by atoms with Gasteiger partial charge in [0.05, 0.1) is 11.0 Å². The smallest absolute Gasteiger partial charge is 0.183 e. The number of hydrogen-bond donors (Lipinski definition) is 1. The van der Waals surface area contributed by atoms with Crippen molar-refractivity contribution >= 4 is 43.2 Å². The third-order valence-electron chi connectivity index (χ3n) is 3.83. The molecule has 0 amide bonds. The Morgan fingerprint density at radius 3 is 2.57 bits per heavy atom. The van der Waals surface area contributed by atoms with Gasteiger partial charge in [-0.2, -0.15) is 0 Å². The summed E-state index contributed by atoms with van der Waals surface area (Å²) in [6.07, 6.45) is 2.61. The highest BCUT2D eigenvalue weighted by Crippen LogP contribution is 2.28. The molecule has 5 heteroatoms. The highest BCUT2D eigenvalue weighted by molar-refractivity contribution is 9.13. The topological polar surface area (TPSA) is 28.4 Å². The summed E-state index contributed by atoms with van der Waals surface area (Å²) in [5.74, 6) is 0.900. The van der Waals surface area contributed by atoms with Crippen LogP contribution in [0.2, 0.25) is 0 Å². The summed E-state index contributed by atoms with van der Waals surface area (Å²) in [6.45, 7) is 5.19. The van der Waals surface area contributed by atoms with Crippen molar-refractivity contribution in [2.24, 2.45) is 0 Å². The molecule has 3 nitrogen and oxygen atoms in total. The minimum absolute atomic E-state index is 0.675. The maximum Gasteiger partial charge on any atom is 0.183 e. The summed E-state index contributed by atoms with van der Waals surface area (Å²) in [4.78, 5) is 2.46. The first-order chi connectivity index (χ1) is 10.1. The zero-order valence-corrected chi connectivity index (χ0v) is 15.1. The molecule has 1 aromatic heterocycles. The van der Waals surface area contributed by atoms with Gasteiger partial charge in [-0.15, -0.1) is 0 Å². The van der Waals surface area contributed by atoms with E-state index in [1.807, 2.05) is 6.07 Å². The zero-order chi connectivity index (χ0) is 14.8. The van der Waals surface area contributed by atoms with Crippen LogP contribution in [-0.2, 0) is 6.54 Å². The highest BCUT2D eigenvalue weighted by atomic mass is 79.9. The van der Waals surface area contributed by atoms with E-state index in [-0.39, 0.29) is 0 Å². The summed E-state index contributed by atoms with van der Waals surface area (Å²) >= 11 is 6.79. The molecule has 1 aromatic carbocycles. The van der Waals surface area contributed by atoms with Gasteiger partial charge in [0, 0.05) is 24.5 Å². The second-order valence-corrected chi connectivity index (χ2v) is 6.96. The number of furan rings is 1. The lowest BCUT2D eigenvalue weighted by Crippen LogP contribution is -2.17. The van der Waals surface area contributed by atoms with Gasteiger partial charge < -0.3 is 14.6 Å². The molecule has 0 unspecified atom stereocenters. The molecule has 112 valence electrons. The lowest BCUT2D eigenvalue weighted by Gasteiger charge is -2.19. The first kappa shape index (κ1) is 15.0. The SMILES string of the molecule is Cc1cc(N2CCCC2)ccc1NCc1cc(Br)c(Br)o1. The largest absolute Gasteiger partial charge is 0.451 e. The van der Waals surface area contributed by atoms with Gasteiger partial charge in [0.15, 0.2) is 4.67 Å². The van der Waals surface area contributed by atoms with Gasteiger partial charge in [-0.25, -0.2) is 0 Å². The average Bonchev–Trinajstić information content (AvgIpc) is 3.08. The molecule has 0 aliphatic carbocycles. The maximum absolute atomic E-state index is 5.58. The van der Waals surface area contributed by atoms with Crippen molar-refractivity contribution in [3.05, 3.63) is 44.7 Å². The van der Waals surface area contributed by atoms with E-state index in [0.717, 1.165) is 20.6 Å². The Hall–Kier alpha value is -0.940. The van der Waals surface area contributed by atoms with Crippen LogP contribution in [-0.4, -0.2) is 13.1 Å². The number of anilines is 2. The van der Waals surface area contributed by atoms with Crippen LogP contribution in [0, 0.1) is 6.92 Å². The molecule has 21 heavy (non-hydrogen) atoms. The van der Waals surface area contributed by atoms with E-state index in [9.17, 15) is 0 Å². The Bertz CT molecular complexity index is 614. The quantitative estimate of drug-likeness (QED) is 0.734. The Morgan fingerprint density at radius 1 is 1.19 bits per heavy atom. The van der Waals surface area contributed by atoms with Crippen LogP contribution >= 0.6 is 31.9 Å². The van der Waals surface area contributed by atoms with Crippen LogP contribution in [0.25, 0.3) is 0 Å². The fourth-order valence-corrected chi connectivity index (χ4v) is 3.34. The number of benzene rings is 1. The van der Waals surface area contributed by atoms with Crippen molar-refractivity contribution in [2.45, 2.75) is 26.3 Å². The van der Waals surface area contributed by atoms with Crippen molar-refractivity contribution in [1.29, 1.82) is 0 Å². The Labute approximate surface area is 142 Å². The van der Waals surface area contributed by atoms with Gasteiger partial charge in [-0.05, 0) is 81.5 Å². The molecule has 1 saturated heterocycles. The van der Waals surface area contributed by atoms with E-state index >= 15 is 0 Å². The summed E-state index contributed by atoms with van der Waals surface area (Å²) in [7, 11) is 0. The fourth-order valence-electron chi connectivity index (χ4n) is 2.68. The van der Waals surface area contributed by atoms with Crippen LogP contribution in [0.3, 0.4) is 0 Å². The number of halogens is 2. The maximum atomic E-state index is 5.58. The first-order valence-electron chi connectivity index (χ1n) is 7.16. The minimum Gasteiger partial charge on any atom is -0.451 e. The first-order valence-corrected chi connectivity index (χ1v) is 8.75. The predicted octanol–water partition coefficient (Wildman–Crippen LogP) is 5.33. The molecule has 2 aromatic rings. The molecular weight excluding hydrogens is 396 g/mol. The Balaban J connectivity index is 1.68. The second-order valence-electron chi connectivity index (χ2n) is 5.38. The summed E-state index contributed by atoms with van der Waals surface area (Å²) < 4.78 is 7.26. The van der Waals surface area contributed by atoms with Crippen LogP contribution in [0.5, 0.6) is 0 Å². The average molecular weight is 414 g/mol. The molecule has 1 fully saturated rings. The van der Waals surface area contributed by atoms with E-state index in [4.69, 9.17) is 4.42 Å². The summed E-state index contributed by atoms with van der Waals surface area (Å²) in [5, 5.41) is 3.43. The Kier molecular flexibility index (Phi) is 4.60. The van der Waals surface area contributed by atoms with Gasteiger partial charge in [-0.3, -0.25) is 0 Å². The lowest BCUT2D eigenvalue weighted by molar-refractivity contribution is 0.494. The van der Waals surface area contributed by atoms with Gasteiger partial charge in [0.1, 0.15) is 5.76 Å². The second kappa shape index (κ2) is 6.44. The Morgan fingerprint density at radius 2 is 1.95 bits per heavy atom. The molecule has 1 aliphatic rings. The minimum atomic E-state index is 0.675. The van der Waals surface area contributed by atoms with Gasteiger partial charge in [-0.1, -0.05) is 0 Å². The molecule has 3 rings (SSSR count). The lowest BCUT2D eigenvalue weighted by atomic mass is 10.1. The molecule has 0 saturated carbocycles. The summed E-state index contributed by atoms with van der Waals surface area (Å²) in [6, 6.07) is 8.61. The molecule has 0 bridgehead atoms. The van der Waals surface area contributed by atoms with Gasteiger partial charge in [0.2, 0.25) is 0 Å². The molecule has 1 N–H and O–H groups in total. The van der Waals surface area contributed by atoms with Crippen molar-refractivity contribution in [3.63, 3.8) is 0 Å². The third-order valence-corrected chi connectivity index (χ3v) is 5.54. The van der Waals surface area contributed by atoms with E-state index < -0.39 is 0 Å². The molecule has 0 atom stereocenters. The third kappa shape index (κ3) is 3.46. The van der Waals surface area contributed by atoms with Crippen molar-refractivity contribution in [3.8, 4) is 0 Å². The van der Waals surface area contributed by atoms with E-state index in [2.05, 4.69) is 67.2 Å². The fraction of sp³-hybridized carbons (Fsp3) is 0.375. The number of nitrogens with one attached hydrogen (secondary N) is 1. The van der Waals surface area contributed by atoms with E-state index in [1.54, 1.807) is 0 Å². The predicted molar refractivity (Wildman–Crippen MR) is 94.1 cm³/mol. The molecule has 0 radical (unpaired) electrons. The molecular formula is C16H18Br2N2O. The van der Waals surface area contributed by atoms with Crippen molar-refractivity contribution < 1.29 is 4.42 Å². The molecule has 1 aliphatic heterocycles. The number of rotatable bonds is 4. The van der Waals surface area contributed by atoms with Crippen LogP contribution in [0.15, 0.2) is 37.8 Å². The van der Waals surface area contributed by atoms with E-state index in [0.29, 0.717) is 6.54 Å². The van der Waals surface area contributed by atoms with Crippen LogP contribution in [0.1, 0.15) is 24.2 Å². The van der Waals surface area contributed by atoms with Crippen molar-refractivity contribution in [1.82, 2.24) is 0 Å². The van der Waals surface area contributed by atoms with Crippen LogP contribution in [0.4, 0.5) is 11.4 Å². The van der Waals surface area contributed by atoms with E-state index in [1.165, 1.54) is 37.2 Å². The standard InChI is InChI=1S/C16H18Br2N2O/c1-11-8-12(20-6-2-3-7-20)4-5-15(11)19-10-13-9-14(17)16(18)21-13/h4-5,8-9,19H,2-3,6-7,10H2,1H3. The monoisotopic (exact) mass is 412 g/mol. The summed E-state index contributed by atoms with van der Waals surface area (Å²) in [5.41, 5.74) is 3.75. The number of hydrogen-bond acceptors (Lipinski definition) is 3. The van der Waals surface area contributed by atoms with Gasteiger partial charge >= 0.3 is 0 Å². The normalized spacial score (nSPS) is 14.7. The van der Waals surface area contributed by atoms with Gasteiger partial charge in [0.25, 0.3) is 0 Å². The molecule has 0 spiro atoms. The number of aryl methyl sites for hydroxylation is 1. The highest BCUT2D eigenvalue weighted by Gasteiger charge is 2.13. The number of nitrogens with zero attached hydrogens (tertiary/aromatic N) is 1. The van der Waals surface area contributed by atoms with Crippen LogP contribution < -0.4 is 10.2 Å².